The minimum absolute atomic E-state index is 0.190. The lowest BCUT2D eigenvalue weighted by molar-refractivity contribution is -0.161. The number of aliphatic hydroxyl groups excluding tert-OH is 2. The largest absolute Gasteiger partial charge is 0.472 e. The van der Waals surface area contributed by atoms with E-state index < -0.39 is 51.8 Å². The lowest BCUT2D eigenvalue weighted by atomic mass is 10.0. The van der Waals surface area contributed by atoms with Crippen molar-refractivity contribution in [2.24, 2.45) is 0 Å². The summed E-state index contributed by atoms with van der Waals surface area (Å²) >= 11 is 0. The molecule has 0 fully saturated rings. The Morgan fingerprint density at radius 1 is 0.475 bits per heavy atom. The maximum atomic E-state index is 12.7. The second-order valence-electron chi connectivity index (χ2n) is 17.6. The number of carbonyl (C=O) groups excluding carboxylic acids is 2. The van der Waals surface area contributed by atoms with Gasteiger partial charge in [0.05, 0.1) is 19.8 Å². The summed E-state index contributed by atoms with van der Waals surface area (Å²) in [5.41, 5.74) is 0. The van der Waals surface area contributed by atoms with Crippen LogP contribution in [0.3, 0.4) is 0 Å². The third kappa shape index (κ3) is 46.5. The van der Waals surface area contributed by atoms with Gasteiger partial charge < -0.3 is 24.6 Å². The third-order valence-electron chi connectivity index (χ3n) is 11.4. The molecule has 0 aromatic heterocycles. The van der Waals surface area contributed by atoms with Crippen LogP contribution in [-0.2, 0) is 32.7 Å². The van der Waals surface area contributed by atoms with Crippen molar-refractivity contribution < 1.29 is 47.8 Å². The molecule has 0 aromatic carbocycles. The van der Waals surface area contributed by atoms with E-state index in [1.54, 1.807) is 0 Å². The molecule has 3 atom stereocenters. The van der Waals surface area contributed by atoms with Crippen LogP contribution >= 0.6 is 7.82 Å². The minimum atomic E-state index is -4.62. The van der Waals surface area contributed by atoms with E-state index in [1.807, 2.05) is 0 Å². The van der Waals surface area contributed by atoms with Crippen molar-refractivity contribution in [2.45, 2.75) is 270 Å². The Morgan fingerprint density at radius 2 is 0.803 bits per heavy atom. The number of esters is 2. The van der Waals surface area contributed by atoms with E-state index in [1.165, 1.54) is 173 Å². The van der Waals surface area contributed by atoms with Gasteiger partial charge in [0.2, 0.25) is 0 Å². The van der Waals surface area contributed by atoms with E-state index in [-0.39, 0.29) is 19.4 Å². The Morgan fingerprint density at radius 3 is 1.18 bits per heavy atom. The lowest BCUT2D eigenvalue weighted by Gasteiger charge is -2.20. The van der Waals surface area contributed by atoms with Gasteiger partial charge in [0.25, 0.3) is 0 Å². The van der Waals surface area contributed by atoms with Gasteiger partial charge in [-0.15, -0.1) is 0 Å². The molecule has 0 aliphatic rings. The van der Waals surface area contributed by atoms with E-state index in [4.69, 9.17) is 23.6 Å². The summed E-state index contributed by atoms with van der Waals surface area (Å²) in [4.78, 5) is 35.2. The molecule has 0 aliphatic heterocycles. The molecule has 0 bridgehead atoms. The average molecular weight is 889 g/mol. The molecule has 0 aromatic rings. The van der Waals surface area contributed by atoms with Gasteiger partial charge in [0, 0.05) is 12.8 Å². The lowest BCUT2D eigenvalue weighted by Crippen LogP contribution is -2.29. The summed E-state index contributed by atoms with van der Waals surface area (Å²) in [7, 11) is -4.62. The first-order valence-electron chi connectivity index (χ1n) is 25.6. The molecule has 0 heterocycles. The topological polar surface area (TPSA) is 149 Å². The zero-order chi connectivity index (χ0) is 44.8. The van der Waals surface area contributed by atoms with Gasteiger partial charge >= 0.3 is 19.8 Å². The van der Waals surface area contributed by atoms with Crippen LogP contribution in [0.25, 0.3) is 0 Å². The van der Waals surface area contributed by atoms with E-state index in [9.17, 15) is 24.2 Å². The van der Waals surface area contributed by atoms with Gasteiger partial charge in [0.1, 0.15) is 12.7 Å². The van der Waals surface area contributed by atoms with Crippen molar-refractivity contribution in [3.05, 3.63) is 12.2 Å². The average Bonchev–Trinajstić information content (AvgIpc) is 3.25. The Kier molecular flexibility index (Phi) is 45.7. The zero-order valence-corrected chi connectivity index (χ0v) is 40.5. The SMILES string of the molecule is CCCCCCCC/C=C/CCCCCCCCCC(=O)OC[C@H](COP(=O)(O)OC[C@@H](O)CO)OC(=O)CCCCCCCCCCCCCCCCCCCCCCC. The van der Waals surface area contributed by atoms with Crippen LogP contribution < -0.4 is 0 Å². The summed E-state index contributed by atoms with van der Waals surface area (Å²) in [5.74, 6) is -0.913. The molecule has 362 valence electrons. The summed E-state index contributed by atoms with van der Waals surface area (Å²) < 4.78 is 32.9. The van der Waals surface area contributed by atoms with E-state index >= 15 is 0 Å². The highest BCUT2D eigenvalue weighted by molar-refractivity contribution is 7.47. The van der Waals surface area contributed by atoms with Crippen molar-refractivity contribution in [1.82, 2.24) is 0 Å². The summed E-state index contributed by atoms with van der Waals surface area (Å²) in [6.45, 7) is 2.43. The molecule has 0 amide bonds. The standard InChI is InChI=1S/C50H97O10P/c1-3-5-7-9-11-13-15-17-19-21-22-23-24-26-28-30-32-34-36-38-40-42-50(54)60-48(46-59-61(55,56)58-44-47(52)43-51)45-57-49(53)41-39-37-35-33-31-29-27-25-20-18-16-14-12-10-8-6-4-2/h18,20,47-48,51-52H,3-17,19,21-46H2,1-2H3,(H,55,56)/b20-18+/t47-,48+/m0/s1. The van der Waals surface area contributed by atoms with Crippen molar-refractivity contribution in [3.8, 4) is 0 Å². The van der Waals surface area contributed by atoms with Gasteiger partial charge in [-0.05, 0) is 38.5 Å². The predicted octanol–water partition coefficient (Wildman–Crippen LogP) is 14.3. The molecular formula is C50H97O10P. The zero-order valence-electron chi connectivity index (χ0n) is 39.7. The Hall–Kier alpha value is -1.29. The van der Waals surface area contributed by atoms with Gasteiger partial charge in [-0.2, -0.15) is 0 Å². The third-order valence-corrected chi connectivity index (χ3v) is 12.4. The van der Waals surface area contributed by atoms with Crippen molar-refractivity contribution in [2.75, 3.05) is 26.4 Å². The molecule has 1 unspecified atom stereocenters. The fraction of sp³-hybridized carbons (Fsp3) is 0.920. The van der Waals surface area contributed by atoms with Crippen LogP contribution in [0.15, 0.2) is 12.2 Å². The van der Waals surface area contributed by atoms with Gasteiger partial charge in [0.15, 0.2) is 6.10 Å². The first kappa shape index (κ1) is 59.7. The Labute approximate surface area is 375 Å². The molecular weight excluding hydrogens is 792 g/mol. The van der Waals surface area contributed by atoms with Crippen LogP contribution in [0.5, 0.6) is 0 Å². The minimum Gasteiger partial charge on any atom is -0.462 e. The number of phosphoric acid groups is 1. The molecule has 0 radical (unpaired) electrons. The highest BCUT2D eigenvalue weighted by atomic mass is 31.2. The van der Waals surface area contributed by atoms with Crippen molar-refractivity contribution in [3.63, 3.8) is 0 Å². The fourth-order valence-electron chi connectivity index (χ4n) is 7.46. The molecule has 0 saturated carbocycles. The van der Waals surface area contributed by atoms with Gasteiger partial charge in [-0.3, -0.25) is 18.6 Å². The molecule has 61 heavy (non-hydrogen) atoms. The van der Waals surface area contributed by atoms with Gasteiger partial charge in [-0.25, -0.2) is 4.57 Å². The summed E-state index contributed by atoms with van der Waals surface area (Å²) in [6.07, 6.45) is 47.5. The number of unbranched alkanes of at least 4 members (excludes halogenated alkanes) is 33. The molecule has 3 N–H and O–H groups in total. The number of ether oxygens (including phenoxy) is 2. The van der Waals surface area contributed by atoms with Crippen LogP contribution in [0, 0.1) is 0 Å². The maximum Gasteiger partial charge on any atom is 0.472 e. The van der Waals surface area contributed by atoms with Crippen LogP contribution in [0.4, 0.5) is 0 Å². The molecule has 11 heteroatoms. The number of rotatable bonds is 49. The monoisotopic (exact) mass is 889 g/mol. The summed E-state index contributed by atoms with van der Waals surface area (Å²) in [6, 6.07) is 0. The van der Waals surface area contributed by atoms with Crippen LogP contribution in [-0.4, -0.2) is 65.7 Å². The first-order valence-corrected chi connectivity index (χ1v) is 27.1. The molecule has 0 spiro atoms. The quantitative estimate of drug-likeness (QED) is 0.0233. The molecule has 0 aliphatic carbocycles. The number of aliphatic hydroxyl groups is 2. The number of carbonyl (C=O) groups is 2. The van der Waals surface area contributed by atoms with E-state index in [2.05, 4.69) is 26.0 Å². The highest BCUT2D eigenvalue weighted by Gasteiger charge is 2.27. The number of phosphoric ester groups is 1. The molecule has 0 rings (SSSR count). The van der Waals surface area contributed by atoms with E-state index in [0.717, 1.165) is 44.9 Å². The number of allylic oxidation sites excluding steroid dienone is 2. The number of hydrogen-bond acceptors (Lipinski definition) is 9. The fourth-order valence-corrected chi connectivity index (χ4v) is 8.25. The van der Waals surface area contributed by atoms with E-state index in [0.29, 0.717) is 12.8 Å². The second-order valence-corrected chi connectivity index (χ2v) is 19.0. The normalized spacial score (nSPS) is 13.7. The Balaban J connectivity index is 4.14. The molecule has 0 saturated heterocycles. The highest BCUT2D eigenvalue weighted by Crippen LogP contribution is 2.43. The summed E-state index contributed by atoms with van der Waals surface area (Å²) in [5, 5.41) is 18.4. The predicted molar refractivity (Wildman–Crippen MR) is 252 cm³/mol. The smallest absolute Gasteiger partial charge is 0.462 e. The van der Waals surface area contributed by atoms with Crippen LogP contribution in [0.2, 0.25) is 0 Å². The maximum absolute atomic E-state index is 12.7. The first-order chi connectivity index (χ1) is 29.7. The van der Waals surface area contributed by atoms with Crippen LogP contribution in [0.1, 0.15) is 258 Å². The second kappa shape index (κ2) is 46.7. The van der Waals surface area contributed by atoms with Gasteiger partial charge in [-0.1, -0.05) is 219 Å². The number of hydrogen-bond donors (Lipinski definition) is 3. The van der Waals surface area contributed by atoms with Crippen molar-refractivity contribution >= 4 is 19.8 Å². The van der Waals surface area contributed by atoms with Crippen molar-refractivity contribution in [1.29, 1.82) is 0 Å². The Bertz CT molecular complexity index is 1020. The molecule has 10 nitrogen and oxygen atoms in total.